The van der Waals surface area contributed by atoms with Crippen LogP contribution in [-0.4, -0.2) is 22.2 Å². The van der Waals surface area contributed by atoms with Crippen molar-refractivity contribution in [3.8, 4) is 0 Å². The minimum absolute atomic E-state index is 0.935. The summed E-state index contributed by atoms with van der Waals surface area (Å²) in [4.78, 5) is 2.12. The molecular weight excluding hydrogens is 210 g/mol. The number of hydrogen-bond acceptors (Lipinski definition) is 1. The lowest BCUT2D eigenvalue weighted by Gasteiger charge is -2.12. The first-order valence-corrected chi connectivity index (χ1v) is 9.53. The standard InChI is InChI=1S/C14H23NSi/c1-15(2)14-10-8-13(9-11-14)7-6-12-16(3,4)5/h6-11H,12H2,1-5H3/b7-6+. The van der Waals surface area contributed by atoms with Gasteiger partial charge in [-0.1, -0.05) is 43.9 Å². The Balaban J connectivity index is 2.62. The molecule has 1 nitrogen and oxygen atoms in total. The van der Waals surface area contributed by atoms with E-state index in [0.717, 1.165) is 0 Å². The zero-order chi connectivity index (χ0) is 12.2. The molecule has 0 bridgehead atoms. The summed E-state index contributed by atoms with van der Waals surface area (Å²) < 4.78 is 0. The van der Waals surface area contributed by atoms with Gasteiger partial charge in [-0.3, -0.25) is 0 Å². The predicted molar refractivity (Wildman–Crippen MR) is 78.0 cm³/mol. The minimum atomic E-state index is -0.935. The molecule has 0 heterocycles. The van der Waals surface area contributed by atoms with Gasteiger partial charge in [-0.25, -0.2) is 0 Å². The molecule has 0 atom stereocenters. The van der Waals surface area contributed by atoms with E-state index in [2.05, 4.69) is 75.1 Å². The summed E-state index contributed by atoms with van der Waals surface area (Å²) in [6, 6.07) is 9.93. The van der Waals surface area contributed by atoms with Crippen LogP contribution in [-0.2, 0) is 0 Å². The highest BCUT2D eigenvalue weighted by Crippen LogP contribution is 2.15. The molecule has 1 aromatic rings. The van der Waals surface area contributed by atoms with Crippen molar-refractivity contribution in [1.29, 1.82) is 0 Å². The van der Waals surface area contributed by atoms with Crippen molar-refractivity contribution in [1.82, 2.24) is 0 Å². The molecule has 0 unspecified atom stereocenters. The van der Waals surface area contributed by atoms with Gasteiger partial charge in [0.1, 0.15) is 0 Å². The van der Waals surface area contributed by atoms with Gasteiger partial charge in [0.05, 0.1) is 0 Å². The van der Waals surface area contributed by atoms with Crippen LogP contribution in [0.25, 0.3) is 6.08 Å². The number of benzene rings is 1. The summed E-state index contributed by atoms with van der Waals surface area (Å²) in [7, 11) is 3.20. The molecule has 0 saturated carbocycles. The molecule has 1 aromatic carbocycles. The third kappa shape index (κ3) is 4.66. The lowest BCUT2D eigenvalue weighted by atomic mass is 10.2. The summed E-state index contributed by atoms with van der Waals surface area (Å²) in [6.07, 6.45) is 4.55. The highest BCUT2D eigenvalue weighted by Gasteiger charge is 2.09. The molecule has 0 aliphatic carbocycles. The molecule has 16 heavy (non-hydrogen) atoms. The van der Waals surface area contributed by atoms with Crippen molar-refractivity contribution in [2.24, 2.45) is 0 Å². The van der Waals surface area contributed by atoms with E-state index in [1.807, 2.05) is 0 Å². The fourth-order valence-corrected chi connectivity index (χ4v) is 2.26. The van der Waals surface area contributed by atoms with Crippen LogP contribution >= 0.6 is 0 Å². The maximum absolute atomic E-state index is 2.40. The minimum Gasteiger partial charge on any atom is -0.378 e. The molecule has 0 spiro atoms. The number of hydrogen-bond donors (Lipinski definition) is 0. The molecule has 2 heteroatoms. The van der Waals surface area contributed by atoms with Gasteiger partial charge >= 0.3 is 0 Å². The van der Waals surface area contributed by atoms with Crippen LogP contribution in [0.3, 0.4) is 0 Å². The Hall–Kier alpha value is -1.02. The highest BCUT2D eigenvalue weighted by atomic mass is 28.3. The van der Waals surface area contributed by atoms with Crippen LogP contribution in [0.1, 0.15) is 5.56 Å². The maximum Gasteiger partial charge on any atom is 0.0480 e. The second kappa shape index (κ2) is 5.35. The molecule has 0 fully saturated rings. The van der Waals surface area contributed by atoms with Gasteiger partial charge in [0.25, 0.3) is 0 Å². The van der Waals surface area contributed by atoms with E-state index in [4.69, 9.17) is 0 Å². The summed E-state index contributed by atoms with van der Waals surface area (Å²) in [5.74, 6) is 0. The molecule has 0 amide bonds. The van der Waals surface area contributed by atoms with Crippen molar-refractivity contribution in [3.05, 3.63) is 35.9 Å². The molecule has 0 aromatic heterocycles. The van der Waals surface area contributed by atoms with Crippen molar-refractivity contribution in [2.45, 2.75) is 25.7 Å². The van der Waals surface area contributed by atoms with E-state index in [0.29, 0.717) is 0 Å². The average Bonchev–Trinajstić information content (AvgIpc) is 2.16. The molecule has 0 saturated heterocycles. The summed E-state index contributed by atoms with van der Waals surface area (Å²) in [6.45, 7) is 7.19. The van der Waals surface area contributed by atoms with Crippen LogP contribution in [0, 0.1) is 0 Å². The van der Waals surface area contributed by atoms with Gasteiger partial charge in [0.15, 0.2) is 0 Å². The quantitative estimate of drug-likeness (QED) is 0.708. The van der Waals surface area contributed by atoms with Crippen LogP contribution in [0.5, 0.6) is 0 Å². The molecule has 0 aliphatic rings. The largest absolute Gasteiger partial charge is 0.378 e. The Morgan fingerprint density at radius 3 is 2.06 bits per heavy atom. The smallest absolute Gasteiger partial charge is 0.0480 e. The van der Waals surface area contributed by atoms with Gasteiger partial charge < -0.3 is 4.90 Å². The maximum atomic E-state index is 2.40. The predicted octanol–water partition coefficient (Wildman–Crippen LogP) is 4.10. The summed E-state index contributed by atoms with van der Waals surface area (Å²) in [5.41, 5.74) is 2.55. The average molecular weight is 233 g/mol. The van der Waals surface area contributed by atoms with E-state index in [9.17, 15) is 0 Å². The van der Waals surface area contributed by atoms with Crippen molar-refractivity contribution in [2.75, 3.05) is 19.0 Å². The van der Waals surface area contributed by atoms with E-state index >= 15 is 0 Å². The number of rotatable bonds is 4. The van der Waals surface area contributed by atoms with Crippen LogP contribution < -0.4 is 4.90 Å². The van der Waals surface area contributed by atoms with Crippen LogP contribution in [0.2, 0.25) is 25.7 Å². The Bertz CT molecular complexity index is 344. The molecule has 1 rings (SSSR count). The Labute approximate surface area is 101 Å². The van der Waals surface area contributed by atoms with E-state index in [-0.39, 0.29) is 0 Å². The summed E-state index contributed by atoms with van der Waals surface area (Å²) in [5, 5.41) is 0. The fourth-order valence-electron chi connectivity index (χ4n) is 1.43. The van der Waals surface area contributed by atoms with Gasteiger partial charge in [0.2, 0.25) is 0 Å². The number of anilines is 1. The van der Waals surface area contributed by atoms with Crippen molar-refractivity contribution in [3.63, 3.8) is 0 Å². The highest BCUT2D eigenvalue weighted by molar-refractivity contribution is 6.76. The zero-order valence-corrected chi connectivity index (χ0v) is 12.1. The van der Waals surface area contributed by atoms with Crippen LogP contribution in [0.4, 0.5) is 5.69 Å². The fraction of sp³-hybridized carbons (Fsp3) is 0.429. The SMILES string of the molecule is CN(C)c1ccc(/C=C/C[Si](C)(C)C)cc1. The molecule has 88 valence electrons. The first-order valence-electron chi connectivity index (χ1n) is 5.82. The van der Waals surface area contributed by atoms with E-state index in [1.54, 1.807) is 0 Å². The van der Waals surface area contributed by atoms with Crippen LogP contribution in [0.15, 0.2) is 30.3 Å². The van der Waals surface area contributed by atoms with Gasteiger partial charge in [0, 0.05) is 27.9 Å². The Morgan fingerprint density at radius 2 is 1.62 bits per heavy atom. The third-order valence-electron chi connectivity index (χ3n) is 2.45. The van der Waals surface area contributed by atoms with Crippen molar-refractivity contribution >= 4 is 19.8 Å². The van der Waals surface area contributed by atoms with Crippen molar-refractivity contribution < 1.29 is 0 Å². The monoisotopic (exact) mass is 233 g/mol. The normalized spacial score (nSPS) is 12.1. The first kappa shape index (κ1) is 13.0. The zero-order valence-electron chi connectivity index (χ0n) is 11.1. The Morgan fingerprint density at radius 1 is 1.06 bits per heavy atom. The van der Waals surface area contributed by atoms with E-state index in [1.165, 1.54) is 17.3 Å². The van der Waals surface area contributed by atoms with Gasteiger partial charge in [-0.05, 0) is 23.7 Å². The molecule has 0 N–H and O–H groups in total. The lowest BCUT2D eigenvalue weighted by Crippen LogP contribution is -2.17. The summed E-state index contributed by atoms with van der Waals surface area (Å²) >= 11 is 0. The first-order chi connectivity index (χ1) is 7.38. The Kier molecular flexibility index (Phi) is 4.36. The van der Waals surface area contributed by atoms with Gasteiger partial charge in [-0.2, -0.15) is 0 Å². The molecule has 0 radical (unpaired) electrons. The topological polar surface area (TPSA) is 3.24 Å². The second-order valence-corrected chi connectivity index (χ2v) is 11.2. The van der Waals surface area contributed by atoms with E-state index < -0.39 is 8.07 Å². The second-order valence-electron chi connectivity index (χ2n) is 5.65. The third-order valence-corrected chi connectivity index (χ3v) is 3.91. The lowest BCUT2D eigenvalue weighted by molar-refractivity contribution is 1.13. The number of nitrogens with zero attached hydrogens (tertiary/aromatic N) is 1. The molecular formula is C14H23NSi. The van der Waals surface area contributed by atoms with Gasteiger partial charge in [-0.15, -0.1) is 0 Å². The number of allylic oxidation sites excluding steroid dienone is 1. The molecule has 0 aliphatic heterocycles.